The fraction of sp³-hybridized carbons (Fsp3) is 0.615. The van der Waals surface area contributed by atoms with Crippen LogP contribution in [0.2, 0.25) is 0 Å². The first-order valence-electron chi connectivity index (χ1n) is 7.03. The van der Waals surface area contributed by atoms with Crippen LogP contribution < -0.4 is 10.6 Å². The van der Waals surface area contributed by atoms with Gasteiger partial charge in [0, 0.05) is 26.2 Å². The Morgan fingerprint density at radius 1 is 1.48 bits per heavy atom. The third-order valence-corrected chi connectivity index (χ3v) is 3.23. The Hall–Kier alpha value is -1.93. The molecule has 0 bridgehead atoms. The summed E-state index contributed by atoms with van der Waals surface area (Å²) in [5.74, 6) is 0.979. The molecule has 8 heteroatoms. The van der Waals surface area contributed by atoms with E-state index in [1.807, 2.05) is 14.0 Å². The van der Waals surface area contributed by atoms with Gasteiger partial charge in [-0.15, -0.1) is 0 Å². The first-order chi connectivity index (χ1) is 10.1. The zero-order valence-electron chi connectivity index (χ0n) is 12.3. The number of hydrogen-bond donors (Lipinski definition) is 2. The third kappa shape index (κ3) is 4.54. The summed E-state index contributed by atoms with van der Waals surface area (Å²) in [7, 11) is 2.05. The van der Waals surface area contributed by atoms with Crippen molar-refractivity contribution in [3.63, 3.8) is 0 Å². The van der Waals surface area contributed by atoms with Crippen molar-refractivity contribution < 1.29 is 9.66 Å². The fourth-order valence-electron chi connectivity index (χ4n) is 2.19. The predicted octanol–water partition coefficient (Wildman–Crippen LogP) is 1.16. The quantitative estimate of drug-likeness (QED) is 0.601. The van der Waals surface area contributed by atoms with E-state index in [0.29, 0.717) is 31.3 Å². The average Bonchev–Trinajstić information content (AvgIpc) is 2.45. The Bertz CT molecular complexity index is 497. The van der Waals surface area contributed by atoms with E-state index in [1.54, 1.807) is 0 Å². The molecule has 1 unspecified atom stereocenters. The lowest BCUT2D eigenvalue weighted by atomic mass is 10.3. The van der Waals surface area contributed by atoms with Crippen molar-refractivity contribution in [3.8, 4) is 0 Å². The van der Waals surface area contributed by atoms with Crippen LogP contribution in [0.1, 0.15) is 6.92 Å². The summed E-state index contributed by atoms with van der Waals surface area (Å²) in [4.78, 5) is 17.0. The van der Waals surface area contributed by atoms with Gasteiger partial charge >= 0.3 is 0 Å². The van der Waals surface area contributed by atoms with Crippen molar-refractivity contribution in [2.24, 2.45) is 0 Å². The Labute approximate surface area is 123 Å². The van der Waals surface area contributed by atoms with Crippen LogP contribution in [0.4, 0.5) is 17.3 Å². The minimum Gasteiger partial charge on any atom is -0.374 e. The maximum atomic E-state index is 10.9. The highest BCUT2D eigenvalue weighted by Gasteiger charge is 2.18. The number of nitrogens with zero attached hydrogens (tertiary/aromatic N) is 3. The molecular formula is C13H21N5O3. The molecule has 1 aromatic rings. The average molecular weight is 295 g/mol. The van der Waals surface area contributed by atoms with Crippen LogP contribution in [0, 0.1) is 10.1 Å². The first kappa shape index (κ1) is 15.5. The largest absolute Gasteiger partial charge is 0.374 e. The Morgan fingerprint density at radius 3 is 2.81 bits per heavy atom. The number of nitro groups is 1. The molecule has 1 aromatic heterocycles. The van der Waals surface area contributed by atoms with E-state index in [1.165, 1.54) is 12.1 Å². The highest BCUT2D eigenvalue weighted by atomic mass is 16.6. The lowest BCUT2D eigenvalue weighted by Gasteiger charge is -2.30. The summed E-state index contributed by atoms with van der Waals surface area (Å²) in [5.41, 5.74) is 0.0186. The highest BCUT2D eigenvalue weighted by molar-refractivity contribution is 5.54. The van der Waals surface area contributed by atoms with Gasteiger partial charge in [0.2, 0.25) is 0 Å². The molecule has 2 N–H and O–H groups in total. The molecule has 1 saturated heterocycles. The van der Waals surface area contributed by atoms with Crippen LogP contribution in [0.3, 0.4) is 0 Å². The summed E-state index contributed by atoms with van der Waals surface area (Å²) in [6, 6.07) is 2.87. The number of morpholine rings is 1. The second kappa shape index (κ2) is 7.19. The zero-order chi connectivity index (χ0) is 15.2. The van der Waals surface area contributed by atoms with Gasteiger partial charge in [0.1, 0.15) is 11.6 Å². The molecule has 0 amide bonds. The van der Waals surface area contributed by atoms with Gasteiger partial charge in [0.05, 0.1) is 29.8 Å². The molecule has 0 spiro atoms. The van der Waals surface area contributed by atoms with Crippen LogP contribution >= 0.6 is 0 Å². The maximum absolute atomic E-state index is 10.9. The maximum Gasteiger partial charge on any atom is 0.276 e. The van der Waals surface area contributed by atoms with Crippen molar-refractivity contribution in [1.82, 2.24) is 9.88 Å². The molecular weight excluding hydrogens is 274 g/mol. The Kier molecular flexibility index (Phi) is 5.29. The summed E-state index contributed by atoms with van der Waals surface area (Å²) in [6.07, 6.45) is 0.0624. The van der Waals surface area contributed by atoms with Crippen molar-refractivity contribution in [2.45, 2.75) is 13.0 Å². The molecule has 21 heavy (non-hydrogen) atoms. The van der Waals surface area contributed by atoms with Gasteiger partial charge in [0.25, 0.3) is 5.69 Å². The van der Waals surface area contributed by atoms with Crippen LogP contribution in [0.25, 0.3) is 0 Å². The molecule has 2 rings (SSSR count). The van der Waals surface area contributed by atoms with Gasteiger partial charge in [-0.2, -0.15) is 0 Å². The SMILES string of the molecule is CCNc1cc([N+](=O)[O-])cc(NCC2CN(C)CCO2)n1. The number of likely N-dealkylation sites (N-methyl/N-ethyl adjacent to an activating group) is 1. The van der Waals surface area contributed by atoms with Crippen LogP contribution in [-0.4, -0.2) is 60.7 Å². The molecule has 2 heterocycles. The lowest BCUT2D eigenvalue weighted by molar-refractivity contribution is -0.384. The van der Waals surface area contributed by atoms with Gasteiger partial charge in [-0.25, -0.2) is 4.98 Å². The second-order valence-electron chi connectivity index (χ2n) is 5.02. The normalized spacial score (nSPS) is 19.2. The van der Waals surface area contributed by atoms with E-state index in [2.05, 4.69) is 20.5 Å². The number of anilines is 2. The molecule has 0 saturated carbocycles. The minimum atomic E-state index is -0.418. The monoisotopic (exact) mass is 295 g/mol. The van der Waals surface area contributed by atoms with E-state index in [4.69, 9.17) is 4.74 Å². The van der Waals surface area contributed by atoms with Gasteiger partial charge in [-0.3, -0.25) is 10.1 Å². The van der Waals surface area contributed by atoms with Crippen molar-refractivity contribution in [1.29, 1.82) is 0 Å². The van der Waals surface area contributed by atoms with Gasteiger partial charge in [-0.05, 0) is 14.0 Å². The molecule has 0 aromatic carbocycles. The molecule has 1 fully saturated rings. The molecule has 1 atom stereocenters. The van der Waals surface area contributed by atoms with Gasteiger partial charge in [0.15, 0.2) is 0 Å². The number of pyridine rings is 1. The van der Waals surface area contributed by atoms with E-state index >= 15 is 0 Å². The smallest absolute Gasteiger partial charge is 0.276 e. The third-order valence-electron chi connectivity index (χ3n) is 3.23. The second-order valence-corrected chi connectivity index (χ2v) is 5.02. The predicted molar refractivity (Wildman–Crippen MR) is 80.8 cm³/mol. The summed E-state index contributed by atoms with van der Waals surface area (Å²) in [6.45, 7) is 5.61. The van der Waals surface area contributed by atoms with Crippen molar-refractivity contribution in [3.05, 3.63) is 22.2 Å². The topological polar surface area (TPSA) is 92.6 Å². The number of nitrogens with one attached hydrogen (secondary N) is 2. The lowest BCUT2D eigenvalue weighted by Crippen LogP contribution is -2.43. The molecule has 8 nitrogen and oxygen atoms in total. The molecule has 0 aliphatic carbocycles. The fourth-order valence-corrected chi connectivity index (χ4v) is 2.19. The number of ether oxygens (including phenoxy) is 1. The molecule has 116 valence electrons. The Balaban J connectivity index is 2.02. The Morgan fingerprint density at radius 2 is 2.19 bits per heavy atom. The summed E-state index contributed by atoms with van der Waals surface area (Å²) < 4.78 is 5.64. The van der Waals surface area contributed by atoms with Crippen LogP contribution in [0.5, 0.6) is 0 Å². The standard InChI is InChI=1S/C13H21N5O3/c1-3-14-12-6-10(18(19)20)7-13(16-12)15-8-11-9-17(2)4-5-21-11/h6-7,11H,3-5,8-9H2,1-2H3,(H2,14,15,16). The number of aromatic nitrogens is 1. The summed E-state index contributed by atoms with van der Waals surface area (Å²) in [5, 5.41) is 17.1. The van der Waals surface area contributed by atoms with E-state index in [-0.39, 0.29) is 11.8 Å². The molecule has 1 aliphatic heterocycles. The molecule has 1 aliphatic rings. The van der Waals surface area contributed by atoms with Crippen molar-refractivity contribution >= 4 is 17.3 Å². The minimum absolute atomic E-state index is 0.0186. The molecule has 0 radical (unpaired) electrons. The highest BCUT2D eigenvalue weighted by Crippen LogP contribution is 2.20. The van der Waals surface area contributed by atoms with Gasteiger partial charge in [-0.1, -0.05) is 0 Å². The van der Waals surface area contributed by atoms with Crippen molar-refractivity contribution in [2.75, 3.05) is 50.5 Å². The van der Waals surface area contributed by atoms with E-state index in [0.717, 1.165) is 13.1 Å². The van der Waals surface area contributed by atoms with Crippen LogP contribution in [0.15, 0.2) is 12.1 Å². The number of hydrogen-bond acceptors (Lipinski definition) is 7. The van der Waals surface area contributed by atoms with Gasteiger partial charge < -0.3 is 20.3 Å². The summed E-state index contributed by atoms with van der Waals surface area (Å²) >= 11 is 0. The van der Waals surface area contributed by atoms with Crippen LogP contribution in [-0.2, 0) is 4.74 Å². The van der Waals surface area contributed by atoms with E-state index in [9.17, 15) is 10.1 Å². The number of rotatable bonds is 6. The zero-order valence-corrected chi connectivity index (χ0v) is 12.3. The first-order valence-corrected chi connectivity index (χ1v) is 7.03. The van der Waals surface area contributed by atoms with E-state index < -0.39 is 4.92 Å².